The second kappa shape index (κ2) is 8.22. The third kappa shape index (κ3) is 4.16. The van der Waals surface area contributed by atoms with Gasteiger partial charge in [-0.2, -0.15) is 0 Å². The van der Waals surface area contributed by atoms with Crippen LogP contribution < -0.4 is 9.64 Å². The quantitative estimate of drug-likeness (QED) is 0.724. The number of carboxylic acids is 1. The molecule has 0 saturated carbocycles. The van der Waals surface area contributed by atoms with Crippen molar-refractivity contribution in [2.75, 3.05) is 37.7 Å². The van der Waals surface area contributed by atoms with Crippen LogP contribution in [0.15, 0.2) is 66.7 Å². The van der Waals surface area contributed by atoms with Crippen LogP contribution in [-0.4, -0.2) is 54.7 Å². The van der Waals surface area contributed by atoms with Crippen LogP contribution in [0.1, 0.15) is 10.4 Å². The number of rotatable bonds is 5. The van der Waals surface area contributed by atoms with Gasteiger partial charge < -0.3 is 19.6 Å². The van der Waals surface area contributed by atoms with Gasteiger partial charge in [0.25, 0.3) is 5.91 Å². The number of nitrogens with zero attached hydrogens (tertiary/aromatic N) is 2. The molecule has 0 radical (unpaired) electrons. The van der Waals surface area contributed by atoms with Gasteiger partial charge in [0, 0.05) is 37.4 Å². The SMILES string of the molecule is O=C(O)COc1ccc(N2CCN(C(=O)c3cccc4ccccc34)CC2)cc1. The Morgan fingerprint density at radius 3 is 2.28 bits per heavy atom. The second-order valence-corrected chi connectivity index (χ2v) is 6.98. The Morgan fingerprint density at radius 2 is 1.55 bits per heavy atom. The van der Waals surface area contributed by atoms with Crippen LogP contribution >= 0.6 is 0 Å². The molecule has 0 spiro atoms. The monoisotopic (exact) mass is 390 g/mol. The summed E-state index contributed by atoms with van der Waals surface area (Å²) in [5.41, 5.74) is 1.78. The first kappa shape index (κ1) is 18.8. The van der Waals surface area contributed by atoms with Gasteiger partial charge in [0.2, 0.25) is 0 Å². The van der Waals surface area contributed by atoms with Crippen LogP contribution in [0.25, 0.3) is 10.8 Å². The van der Waals surface area contributed by atoms with Crippen molar-refractivity contribution < 1.29 is 19.4 Å². The number of aliphatic carboxylic acids is 1. The van der Waals surface area contributed by atoms with Crippen molar-refractivity contribution in [3.8, 4) is 5.75 Å². The molecule has 3 aromatic rings. The van der Waals surface area contributed by atoms with E-state index in [9.17, 15) is 9.59 Å². The molecule has 0 unspecified atom stereocenters. The fourth-order valence-corrected chi connectivity index (χ4v) is 3.65. The summed E-state index contributed by atoms with van der Waals surface area (Å²) < 4.78 is 5.17. The normalized spacial score (nSPS) is 14.1. The van der Waals surface area contributed by atoms with E-state index in [0.29, 0.717) is 18.8 Å². The number of ether oxygens (including phenoxy) is 1. The zero-order chi connectivity index (χ0) is 20.2. The molecule has 0 atom stereocenters. The molecule has 1 saturated heterocycles. The fraction of sp³-hybridized carbons (Fsp3) is 0.217. The van der Waals surface area contributed by atoms with E-state index in [0.717, 1.165) is 35.1 Å². The fourth-order valence-electron chi connectivity index (χ4n) is 3.65. The number of anilines is 1. The predicted octanol–water partition coefficient (Wildman–Crippen LogP) is 3.27. The largest absolute Gasteiger partial charge is 0.482 e. The second-order valence-electron chi connectivity index (χ2n) is 6.98. The van der Waals surface area contributed by atoms with Gasteiger partial charge in [0.05, 0.1) is 0 Å². The highest BCUT2D eigenvalue weighted by Crippen LogP contribution is 2.23. The third-order valence-electron chi connectivity index (χ3n) is 5.15. The summed E-state index contributed by atoms with van der Waals surface area (Å²) in [4.78, 5) is 27.8. The highest BCUT2D eigenvalue weighted by molar-refractivity contribution is 6.07. The average Bonchev–Trinajstić information content (AvgIpc) is 2.77. The number of carboxylic acid groups (broad SMARTS) is 1. The number of carbonyl (C=O) groups is 2. The number of fused-ring (bicyclic) bond motifs is 1. The van der Waals surface area contributed by atoms with E-state index in [1.54, 1.807) is 12.1 Å². The first-order chi connectivity index (χ1) is 14.1. The maximum Gasteiger partial charge on any atom is 0.341 e. The molecule has 1 heterocycles. The van der Waals surface area contributed by atoms with Crippen molar-refractivity contribution in [2.24, 2.45) is 0 Å². The maximum absolute atomic E-state index is 13.1. The molecular formula is C23H22N2O4. The zero-order valence-corrected chi connectivity index (χ0v) is 16.0. The summed E-state index contributed by atoms with van der Waals surface area (Å²) >= 11 is 0. The molecule has 6 heteroatoms. The first-order valence-electron chi connectivity index (χ1n) is 9.58. The summed E-state index contributed by atoms with van der Waals surface area (Å²) in [5, 5.41) is 10.7. The van der Waals surface area contributed by atoms with Crippen LogP contribution in [-0.2, 0) is 4.79 Å². The lowest BCUT2D eigenvalue weighted by Gasteiger charge is -2.36. The van der Waals surface area contributed by atoms with Crippen LogP contribution in [0.3, 0.4) is 0 Å². The summed E-state index contributed by atoms with van der Waals surface area (Å²) in [6.45, 7) is 2.44. The van der Waals surface area contributed by atoms with Crippen LogP contribution in [0.5, 0.6) is 5.75 Å². The van der Waals surface area contributed by atoms with Crippen molar-refractivity contribution in [3.05, 3.63) is 72.3 Å². The van der Waals surface area contributed by atoms with Gasteiger partial charge in [-0.15, -0.1) is 0 Å². The van der Waals surface area contributed by atoms with E-state index in [1.807, 2.05) is 59.5 Å². The average molecular weight is 390 g/mol. The van der Waals surface area contributed by atoms with Crippen LogP contribution in [0.4, 0.5) is 5.69 Å². The number of piperazine rings is 1. The lowest BCUT2D eigenvalue weighted by Crippen LogP contribution is -2.48. The van der Waals surface area contributed by atoms with Gasteiger partial charge in [-0.3, -0.25) is 4.79 Å². The van der Waals surface area contributed by atoms with Crippen LogP contribution in [0, 0.1) is 0 Å². The molecule has 1 amide bonds. The minimum absolute atomic E-state index is 0.0684. The summed E-state index contributed by atoms with van der Waals surface area (Å²) in [7, 11) is 0. The van der Waals surface area contributed by atoms with Crippen molar-refractivity contribution in [3.63, 3.8) is 0 Å². The summed E-state index contributed by atoms with van der Waals surface area (Å²) in [5.74, 6) is -0.402. The number of amides is 1. The molecule has 4 rings (SSSR count). The smallest absolute Gasteiger partial charge is 0.341 e. The van der Waals surface area contributed by atoms with Gasteiger partial charge in [0.1, 0.15) is 5.75 Å². The topological polar surface area (TPSA) is 70.1 Å². The Balaban J connectivity index is 1.40. The number of carbonyl (C=O) groups excluding carboxylic acids is 1. The van der Waals surface area contributed by atoms with Crippen molar-refractivity contribution in [1.29, 1.82) is 0 Å². The molecule has 0 aliphatic carbocycles. The Morgan fingerprint density at radius 1 is 0.862 bits per heavy atom. The van der Waals surface area contributed by atoms with E-state index in [2.05, 4.69) is 4.90 Å². The lowest BCUT2D eigenvalue weighted by atomic mass is 10.0. The molecule has 3 aromatic carbocycles. The molecule has 0 bridgehead atoms. The molecule has 0 aromatic heterocycles. The minimum Gasteiger partial charge on any atom is -0.482 e. The third-order valence-corrected chi connectivity index (χ3v) is 5.15. The van der Waals surface area contributed by atoms with Crippen molar-refractivity contribution >= 4 is 28.3 Å². The lowest BCUT2D eigenvalue weighted by molar-refractivity contribution is -0.139. The summed E-state index contributed by atoms with van der Waals surface area (Å²) in [6.07, 6.45) is 0. The molecule has 148 valence electrons. The Labute approximate surface area is 168 Å². The number of hydrogen-bond acceptors (Lipinski definition) is 4. The van der Waals surface area contributed by atoms with Gasteiger partial charge in [-0.05, 0) is 41.1 Å². The van der Waals surface area contributed by atoms with Gasteiger partial charge in [0.15, 0.2) is 6.61 Å². The van der Waals surface area contributed by atoms with E-state index in [1.165, 1.54) is 0 Å². The minimum atomic E-state index is -0.999. The number of hydrogen-bond donors (Lipinski definition) is 1. The van der Waals surface area contributed by atoms with Gasteiger partial charge in [-0.1, -0.05) is 36.4 Å². The number of benzene rings is 3. The van der Waals surface area contributed by atoms with Crippen molar-refractivity contribution in [2.45, 2.75) is 0 Å². The van der Waals surface area contributed by atoms with E-state index in [4.69, 9.17) is 9.84 Å². The predicted molar refractivity (Wildman–Crippen MR) is 112 cm³/mol. The Hall–Kier alpha value is -3.54. The van der Waals surface area contributed by atoms with Gasteiger partial charge >= 0.3 is 5.97 Å². The van der Waals surface area contributed by atoms with Crippen molar-refractivity contribution in [1.82, 2.24) is 4.90 Å². The summed E-state index contributed by atoms with van der Waals surface area (Å²) in [6, 6.07) is 21.2. The standard InChI is InChI=1S/C23H22N2O4/c26-22(27)16-29-19-10-8-18(9-11-19)24-12-14-25(15-13-24)23(28)21-7-3-5-17-4-1-2-6-20(17)21/h1-11H,12-16H2,(H,26,27). The molecular weight excluding hydrogens is 368 g/mol. The molecule has 6 nitrogen and oxygen atoms in total. The maximum atomic E-state index is 13.1. The highest BCUT2D eigenvalue weighted by atomic mass is 16.5. The molecule has 1 fully saturated rings. The van der Waals surface area contributed by atoms with E-state index >= 15 is 0 Å². The van der Waals surface area contributed by atoms with E-state index in [-0.39, 0.29) is 12.5 Å². The van der Waals surface area contributed by atoms with Gasteiger partial charge in [-0.25, -0.2) is 4.79 Å². The van der Waals surface area contributed by atoms with Crippen LogP contribution in [0.2, 0.25) is 0 Å². The molecule has 29 heavy (non-hydrogen) atoms. The first-order valence-corrected chi connectivity index (χ1v) is 9.58. The van der Waals surface area contributed by atoms with E-state index < -0.39 is 5.97 Å². The zero-order valence-electron chi connectivity index (χ0n) is 16.0. The molecule has 1 N–H and O–H groups in total. The molecule has 1 aliphatic heterocycles. The molecule has 1 aliphatic rings. The highest BCUT2D eigenvalue weighted by Gasteiger charge is 2.23. The Kier molecular flexibility index (Phi) is 5.33. The Bertz CT molecular complexity index is 1020.